The number of hydrogen-bond donors (Lipinski definition) is 1. The van der Waals surface area contributed by atoms with E-state index < -0.39 is 17.2 Å². The summed E-state index contributed by atoms with van der Waals surface area (Å²) >= 11 is 0. The monoisotopic (exact) mass is 440 g/mol. The molecule has 3 aliphatic heterocycles. The molecule has 0 unspecified atom stereocenters. The molecular formula is C25H20N4O4. The molecule has 4 heterocycles. The Morgan fingerprint density at radius 1 is 1.21 bits per heavy atom. The zero-order valence-corrected chi connectivity index (χ0v) is 17.9. The van der Waals surface area contributed by atoms with Crippen LogP contribution in [0, 0.1) is 17.3 Å². The SMILES string of the molecule is COc1ccc2c(c1)C(=O)N(C[C@@]1(C#Cc3ccc(C4=NCC=C4)nc3)CC(=O)NC1=O)C2. The lowest BCUT2D eigenvalue weighted by Gasteiger charge is -2.25. The van der Waals surface area contributed by atoms with Crippen LogP contribution in [0.2, 0.25) is 0 Å². The first-order chi connectivity index (χ1) is 16.0. The Kier molecular flexibility index (Phi) is 5.02. The molecule has 1 fully saturated rings. The minimum absolute atomic E-state index is 0.0144. The van der Waals surface area contributed by atoms with E-state index in [0.29, 0.717) is 30.0 Å². The van der Waals surface area contributed by atoms with Crippen LogP contribution in [0.25, 0.3) is 0 Å². The van der Waals surface area contributed by atoms with Gasteiger partial charge in [-0.15, -0.1) is 0 Å². The third-order valence-corrected chi connectivity index (χ3v) is 5.92. The van der Waals surface area contributed by atoms with Crippen molar-refractivity contribution in [2.24, 2.45) is 10.4 Å². The van der Waals surface area contributed by atoms with Gasteiger partial charge in [0.2, 0.25) is 11.8 Å². The number of ether oxygens (including phenoxy) is 1. The number of carbonyl (C=O) groups excluding carboxylic acids is 3. The largest absolute Gasteiger partial charge is 0.497 e. The average molecular weight is 440 g/mol. The second-order valence-electron chi connectivity index (χ2n) is 8.13. The van der Waals surface area contributed by atoms with E-state index in [1.807, 2.05) is 24.3 Å². The molecule has 0 bridgehead atoms. The van der Waals surface area contributed by atoms with Crippen molar-refractivity contribution in [3.05, 3.63) is 71.1 Å². The molecule has 0 spiro atoms. The molecule has 2 aromatic rings. The lowest BCUT2D eigenvalue weighted by atomic mass is 9.85. The number of benzene rings is 1. The van der Waals surface area contributed by atoms with Crippen molar-refractivity contribution >= 4 is 23.4 Å². The number of aromatic nitrogens is 1. The van der Waals surface area contributed by atoms with Crippen LogP contribution in [-0.2, 0) is 16.1 Å². The Morgan fingerprint density at radius 2 is 2.09 bits per heavy atom. The van der Waals surface area contributed by atoms with E-state index in [-0.39, 0.29) is 18.9 Å². The van der Waals surface area contributed by atoms with E-state index in [1.165, 1.54) is 7.11 Å². The predicted molar refractivity (Wildman–Crippen MR) is 120 cm³/mol. The number of aliphatic imine (C=N–C) groups is 1. The van der Waals surface area contributed by atoms with E-state index in [2.05, 4.69) is 27.1 Å². The Hall–Kier alpha value is -4.25. The third kappa shape index (κ3) is 3.78. The highest BCUT2D eigenvalue weighted by Gasteiger charge is 2.48. The van der Waals surface area contributed by atoms with Crippen molar-refractivity contribution in [2.45, 2.75) is 13.0 Å². The zero-order chi connectivity index (χ0) is 23.0. The smallest absolute Gasteiger partial charge is 0.254 e. The van der Waals surface area contributed by atoms with Crippen LogP contribution in [0.15, 0.2) is 53.7 Å². The van der Waals surface area contributed by atoms with Gasteiger partial charge in [0, 0.05) is 30.4 Å². The number of nitrogens with one attached hydrogen (secondary N) is 1. The van der Waals surface area contributed by atoms with Gasteiger partial charge in [-0.3, -0.25) is 29.7 Å². The van der Waals surface area contributed by atoms with Crippen molar-refractivity contribution in [2.75, 3.05) is 20.2 Å². The molecule has 1 aromatic heterocycles. The van der Waals surface area contributed by atoms with Crippen molar-refractivity contribution in [1.82, 2.24) is 15.2 Å². The van der Waals surface area contributed by atoms with Crippen molar-refractivity contribution < 1.29 is 19.1 Å². The van der Waals surface area contributed by atoms with Gasteiger partial charge < -0.3 is 9.64 Å². The van der Waals surface area contributed by atoms with Gasteiger partial charge in [0.25, 0.3) is 5.91 Å². The number of fused-ring (bicyclic) bond motifs is 1. The van der Waals surface area contributed by atoms with Gasteiger partial charge in [0.15, 0.2) is 0 Å². The summed E-state index contributed by atoms with van der Waals surface area (Å²) in [6.07, 6.45) is 5.38. The summed E-state index contributed by atoms with van der Waals surface area (Å²) in [7, 11) is 1.54. The number of carbonyl (C=O) groups is 3. The van der Waals surface area contributed by atoms with Crippen molar-refractivity contribution in [1.29, 1.82) is 0 Å². The molecule has 1 N–H and O–H groups in total. The number of imide groups is 1. The number of rotatable bonds is 4. The maximum Gasteiger partial charge on any atom is 0.254 e. The third-order valence-electron chi connectivity index (χ3n) is 5.92. The van der Waals surface area contributed by atoms with Crippen molar-refractivity contribution in [3.8, 4) is 17.6 Å². The lowest BCUT2D eigenvalue weighted by molar-refractivity contribution is -0.127. The molecule has 0 radical (unpaired) electrons. The fourth-order valence-corrected chi connectivity index (χ4v) is 4.18. The molecule has 164 valence electrons. The van der Waals surface area contributed by atoms with Crippen LogP contribution in [-0.4, -0.2) is 53.5 Å². The Bertz CT molecular complexity index is 1300. The van der Waals surface area contributed by atoms with Gasteiger partial charge in [-0.2, -0.15) is 0 Å². The van der Waals surface area contributed by atoms with Crippen LogP contribution >= 0.6 is 0 Å². The summed E-state index contributed by atoms with van der Waals surface area (Å²) in [6, 6.07) is 8.93. The highest BCUT2D eigenvalue weighted by molar-refractivity contribution is 6.09. The van der Waals surface area contributed by atoms with Crippen LogP contribution in [0.4, 0.5) is 0 Å². The highest BCUT2D eigenvalue weighted by atomic mass is 16.5. The molecule has 8 nitrogen and oxygen atoms in total. The molecule has 1 atom stereocenters. The summed E-state index contributed by atoms with van der Waals surface area (Å²) in [5.74, 6) is 5.45. The molecule has 0 aliphatic carbocycles. The molecular weight excluding hydrogens is 420 g/mol. The Balaban J connectivity index is 1.41. The number of nitrogens with zero attached hydrogens (tertiary/aromatic N) is 3. The second kappa shape index (κ2) is 8.02. The van der Waals surface area contributed by atoms with Gasteiger partial charge in [0.05, 0.1) is 31.5 Å². The van der Waals surface area contributed by atoms with E-state index in [4.69, 9.17) is 4.74 Å². The Morgan fingerprint density at radius 3 is 2.76 bits per heavy atom. The van der Waals surface area contributed by atoms with Gasteiger partial charge in [-0.25, -0.2) is 0 Å². The van der Waals surface area contributed by atoms with E-state index in [1.54, 1.807) is 29.3 Å². The minimum Gasteiger partial charge on any atom is -0.497 e. The van der Waals surface area contributed by atoms with Gasteiger partial charge in [0.1, 0.15) is 11.2 Å². The summed E-state index contributed by atoms with van der Waals surface area (Å²) in [5, 5.41) is 2.34. The minimum atomic E-state index is -1.32. The second-order valence-corrected chi connectivity index (χ2v) is 8.13. The van der Waals surface area contributed by atoms with Gasteiger partial charge in [-0.05, 0) is 35.9 Å². The molecule has 5 rings (SSSR count). The lowest BCUT2D eigenvalue weighted by Crippen LogP contribution is -2.42. The first kappa shape index (κ1) is 20.6. The molecule has 33 heavy (non-hydrogen) atoms. The number of methoxy groups -OCH3 is 1. The number of allylic oxidation sites excluding steroid dienone is 1. The molecule has 3 amide bonds. The first-order valence-electron chi connectivity index (χ1n) is 10.5. The molecule has 3 aliphatic rings. The van der Waals surface area contributed by atoms with E-state index in [9.17, 15) is 14.4 Å². The maximum absolute atomic E-state index is 13.0. The highest BCUT2D eigenvalue weighted by Crippen LogP contribution is 2.33. The molecule has 1 saturated heterocycles. The average Bonchev–Trinajstić information content (AvgIpc) is 3.52. The maximum atomic E-state index is 13.0. The topological polar surface area (TPSA) is 101 Å². The normalized spacial score (nSPS) is 20.9. The molecule has 0 saturated carbocycles. The fraction of sp³-hybridized carbons (Fsp3) is 0.240. The van der Waals surface area contributed by atoms with Crippen LogP contribution in [0.5, 0.6) is 5.75 Å². The molecule has 1 aromatic carbocycles. The van der Waals surface area contributed by atoms with Crippen LogP contribution < -0.4 is 10.1 Å². The molecule has 8 heteroatoms. The van der Waals surface area contributed by atoms with E-state index in [0.717, 1.165) is 17.0 Å². The standard InChI is InChI=1S/C25H20N4O4/c1-33-18-6-5-17-14-29(23(31)19(17)11-18)15-25(12-22(30)28-24(25)32)9-8-16-4-7-21(27-13-16)20-3-2-10-26-20/h2-7,11,13H,10,12,14-15H2,1H3,(H,28,30,32)/t25-/m1/s1. The Labute approximate surface area is 190 Å². The number of pyridine rings is 1. The van der Waals surface area contributed by atoms with Gasteiger partial charge in [-0.1, -0.05) is 24.0 Å². The van der Waals surface area contributed by atoms with Crippen molar-refractivity contribution in [3.63, 3.8) is 0 Å². The van der Waals surface area contributed by atoms with Gasteiger partial charge >= 0.3 is 0 Å². The quantitative estimate of drug-likeness (QED) is 0.574. The summed E-state index contributed by atoms with van der Waals surface area (Å²) in [5.41, 5.74) is 2.22. The zero-order valence-electron chi connectivity index (χ0n) is 17.9. The van der Waals surface area contributed by atoms with E-state index >= 15 is 0 Å². The number of amides is 3. The predicted octanol–water partition coefficient (Wildman–Crippen LogP) is 1.49. The first-order valence-corrected chi connectivity index (χ1v) is 10.5. The summed E-state index contributed by atoms with van der Waals surface area (Å²) < 4.78 is 5.22. The van der Waals surface area contributed by atoms with Crippen LogP contribution in [0.3, 0.4) is 0 Å². The summed E-state index contributed by atoms with van der Waals surface area (Å²) in [6.45, 7) is 1.01. The fourth-order valence-electron chi connectivity index (χ4n) is 4.18. The number of hydrogen-bond acceptors (Lipinski definition) is 6. The summed E-state index contributed by atoms with van der Waals surface area (Å²) in [4.78, 5) is 48.2. The van der Waals surface area contributed by atoms with Crippen LogP contribution in [0.1, 0.15) is 33.6 Å².